The maximum Gasteiger partial charge on any atom is 0.162 e. The van der Waals surface area contributed by atoms with E-state index < -0.39 is 0 Å². The summed E-state index contributed by atoms with van der Waals surface area (Å²) in [6.07, 6.45) is 7.00. The quantitative estimate of drug-likeness (QED) is 0.605. The average Bonchev–Trinajstić information content (AvgIpc) is 3.02. The zero-order valence-electron chi connectivity index (χ0n) is 12.3. The van der Waals surface area contributed by atoms with Gasteiger partial charge in [0.25, 0.3) is 0 Å². The first-order valence-corrected chi connectivity index (χ1v) is 6.96. The summed E-state index contributed by atoms with van der Waals surface area (Å²) in [6.45, 7) is 0. The molecule has 0 amide bonds. The van der Waals surface area contributed by atoms with Crippen molar-refractivity contribution >= 4 is 28.1 Å². The fraction of sp³-hybridized carbons (Fsp3) is 0.0625. The van der Waals surface area contributed by atoms with Crippen LogP contribution in [0, 0.1) is 0 Å². The standard InChI is InChI=1S/C16H13N5O2/c1-23-14-7-12-11(6-13(14)22)16(19-9-18-12)20-10-2-3-15-17-4-5-21(15)8-10/h2-9,22H,1H3,(H,18,19,20). The summed E-state index contributed by atoms with van der Waals surface area (Å²) >= 11 is 0. The second kappa shape index (κ2) is 5.13. The third-order valence-electron chi connectivity index (χ3n) is 3.59. The lowest BCUT2D eigenvalue weighted by atomic mass is 10.2. The molecule has 7 nitrogen and oxygen atoms in total. The van der Waals surface area contributed by atoms with Gasteiger partial charge < -0.3 is 19.6 Å². The Morgan fingerprint density at radius 2 is 2.09 bits per heavy atom. The molecule has 0 atom stereocenters. The highest BCUT2D eigenvalue weighted by Gasteiger charge is 2.10. The first kappa shape index (κ1) is 13.3. The van der Waals surface area contributed by atoms with E-state index in [-0.39, 0.29) is 5.75 Å². The molecular weight excluding hydrogens is 294 g/mol. The SMILES string of the molecule is COc1cc2ncnc(Nc3ccc4nccn4c3)c2cc1O. The molecule has 0 saturated carbocycles. The van der Waals surface area contributed by atoms with Crippen LogP contribution in [-0.4, -0.2) is 31.6 Å². The Morgan fingerprint density at radius 1 is 1.17 bits per heavy atom. The molecule has 4 rings (SSSR count). The van der Waals surface area contributed by atoms with Gasteiger partial charge in [-0.15, -0.1) is 0 Å². The first-order chi connectivity index (χ1) is 11.2. The van der Waals surface area contributed by atoms with Crippen molar-refractivity contribution in [2.24, 2.45) is 0 Å². The number of rotatable bonds is 3. The van der Waals surface area contributed by atoms with Gasteiger partial charge in [0.05, 0.1) is 18.3 Å². The minimum Gasteiger partial charge on any atom is -0.504 e. The smallest absolute Gasteiger partial charge is 0.162 e. The van der Waals surface area contributed by atoms with Crippen LogP contribution in [0.2, 0.25) is 0 Å². The molecule has 3 heterocycles. The van der Waals surface area contributed by atoms with Crippen molar-refractivity contribution in [3.05, 3.63) is 49.2 Å². The molecule has 7 heteroatoms. The van der Waals surface area contributed by atoms with Crippen molar-refractivity contribution in [3.8, 4) is 11.5 Å². The molecule has 23 heavy (non-hydrogen) atoms. The number of nitrogens with zero attached hydrogens (tertiary/aromatic N) is 4. The number of hydrogen-bond donors (Lipinski definition) is 2. The van der Waals surface area contributed by atoms with E-state index in [0.717, 1.165) is 11.3 Å². The van der Waals surface area contributed by atoms with Crippen LogP contribution >= 0.6 is 0 Å². The first-order valence-electron chi connectivity index (χ1n) is 6.96. The van der Waals surface area contributed by atoms with E-state index in [4.69, 9.17) is 4.74 Å². The topological polar surface area (TPSA) is 84.6 Å². The Labute approximate surface area is 131 Å². The maximum absolute atomic E-state index is 9.99. The lowest BCUT2D eigenvalue weighted by Gasteiger charge is -2.10. The Bertz CT molecular complexity index is 1010. The van der Waals surface area contributed by atoms with E-state index >= 15 is 0 Å². The molecule has 0 unspecified atom stereocenters. The molecule has 0 aliphatic heterocycles. The molecule has 114 valence electrons. The van der Waals surface area contributed by atoms with Gasteiger partial charge in [-0.2, -0.15) is 0 Å². The molecule has 0 spiro atoms. The zero-order chi connectivity index (χ0) is 15.8. The summed E-state index contributed by atoms with van der Waals surface area (Å²) in [4.78, 5) is 12.7. The molecule has 0 aliphatic carbocycles. The number of ether oxygens (including phenoxy) is 1. The van der Waals surface area contributed by atoms with Gasteiger partial charge in [-0.05, 0) is 18.2 Å². The lowest BCUT2D eigenvalue weighted by molar-refractivity contribution is 0.374. The van der Waals surface area contributed by atoms with Crippen molar-refractivity contribution < 1.29 is 9.84 Å². The van der Waals surface area contributed by atoms with Crippen molar-refractivity contribution in [2.45, 2.75) is 0 Å². The number of hydrogen-bond acceptors (Lipinski definition) is 6. The van der Waals surface area contributed by atoms with Gasteiger partial charge in [0.15, 0.2) is 11.5 Å². The van der Waals surface area contributed by atoms with E-state index in [0.29, 0.717) is 22.5 Å². The second-order valence-corrected chi connectivity index (χ2v) is 5.00. The summed E-state index contributed by atoms with van der Waals surface area (Å²) in [5.41, 5.74) is 2.40. The number of pyridine rings is 1. The Morgan fingerprint density at radius 3 is 2.96 bits per heavy atom. The molecule has 0 saturated heterocycles. The third-order valence-corrected chi connectivity index (χ3v) is 3.59. The Balaban J connectivity index is 1.80. The summed E-state index contributed by atoms with van der Waals surface area (Å²) < 4.78 is 7.02. The van der Waals surface area contributed by atoms with Crippen molar-refractivity contribution in [1.82, 2.24) is 19.4 Å². The molecule has 0 bridgehead atoms. The van der Waals surface area contributed by atoms with Crippen LogP contribution in [0.3, 0.4) is 0 Å². The average molecular weight is 307 g/mol. The fourth-order valence-corrected chi connectivity index (χ4v) is 2.47. The van der Waals surface area contributed by atoms with Crippen molar-refractivity contribution in [2.75, 3.05) is 12.4 Å². The van der Waals surface area contributed by atoms with E-state index in [1.165, 1.54) is 13.4 Å². The third kappa shape index (κ3) is 2.28. The fourth-order valence-electron chi connectivity index (χ4n) is 2.47. The predicted octanol–water partition coefficient (Wildman–Crippen LogP) is 2.74. The summed E-state index contributed by atoms with van der Waals surface area (Å²) in [7, 11) is 1.50. The van der Waals surface area contributed by atoms with Gasteiger partial charge in [-0.1, -0.05) is 0 Å². The highest BCUT2D eigenvalue weighted by atomic mass is 16.5. The molecule has 0 radical (unpaired) electrons. The number of anilines is 2. The van der Waals surface area contributed by atoms with Crippen LogP contribution in [0.25, 0.3) is 16.6 Å². The van der Waals surface area contributed by atoms with Crippen LogP contribution in [-0.2, 0) is 0 Å². The van der Waals surface area contributed by atoms with Gasteiger partial charge in [-0.3, -0.25) is 0 Å². The summed E-state index contributed by atoms with van der Waals surface area (Å²) in [5.74, 6) is 1.03. The number of aromatic hydroxyl groups is 1. The summed E-state index contributed by atoms with van der Waals surface area (Å²) in [5, 5.41) is 13.9. The normalized spacial score (nSPS) is 11.0. The monoisotopic (exact) mass is 307 g/mol. The van der Waals surface area contributed by atoms with Crippen molar-refractivity contribution in [3.63, 3.8) is 0 Å². The molecule has 4 aromatic rings. The second-order valence-electron chi connectivity index (χ2n) is 5.00. The number of imidazole rings is 1. The van der Waals surface area contributed by atoms with Gasteiger partial charge >= 0.3 is 0 Å². The highest BCUT2D eigenvalue weighted by molar-refractivity contribution is 5.92. The molecule has 0 aliphatic rings. The number of benzene rings is 1. The van der Waals surface area contributed by atoms with E-state index in [1.54, 1.807) is 18.3 Å². The predicted molar refractivity (Wildman–Crippen MR) is 86.2 cm³/mol. The Hall–Kier alpha value is -3.35. The molecule has 2 N–H and O–H groups in total. The van der Waals surface area contributed by atoms with E-state index in [9.17, 15) is 5.11 Å². The minimum absolute atomic E-state index is 0.0444. The van der Waals surface area contributed by atoms with Crippen LogP contribution < -0.4 is 10.1 Å². The highest BCUT2D eigenvalue weighted by Crippen LogP contribution is 2.33. The van der Waals surface area contributed by atoms with Gasteiger partial charge in [0.1, 0.15) is 17.8 Å². The van der Waals surface area contributed by atoms with Crippen LogP contribution in [0.15, 0.2) is 49.2 Å². The Kier molecular flexibility index (Phi) is 2.97. The maximum atomic E-state index is 9.99. The van der Waals surface area contributed by atoms with Gasteiger partial charge in [0.2, 0.25) is 0 Å². The number of methoxy groups -OCH3 is 1. The molecule has 0 fully saturated rings. The zero-order valence-corrected chi connectivity index (χ0v) is 12.3. The number of phenolic OH excluding ortho intramolecular Hbond substituents is 1. The summed E-state index contributed by atoms with van der Waals surface area (Å²) in [6, 6.07) is 7.09. The van der Waals surface area contributed by atoms with Crippen molar-refractivity contribution in [1.29, 1.82) is 0 Å². The largest absolute Gasteiger partial charge is 0.504 e. The molecule has 3 aromatic heterocycles. The molecular formula is C16H13N5O2. The van der Waals surface area contributed by atoms with E-state index in [2.05, 4.69) is 20.3 Å². The number of fused-ring (bicyclic) bond motifs is 2. The number of phenols is 1. The number of nitrogens with one attached hydrogen (secondary N) is 1. The van der Waals surface area contributed by atoms with Crippen LogP contribution in [0.4, 0.5) is 11.5 Å². The lowest BCUT2D eigenvalue weighted by Crippen LogP contribution is -1.98. The minimum atomic E-state index is 0.0444. The number of aromatic nitrogens is 4. The van der Waals surface area contributed by atoms with Crippen LogP contribution in [0.1, 0.15) is 0 Å². The van der Waals surface area contributed by atoms with Crippen LogP contribution in [0.5, 0.6) is 11.5 Å². The van der Waals surface area contributed by atoms with Gasteiger partial charge in [0, 0.05) is 30.0 Å². The van der Waals surface area contributed by atoms with Gasteiger partial charge in [-0.25, -0.2) is 15.0 Å². The van der Waals surface area contributed by atoms with E-state index in [1.807, 2.05) is 28.9 Å². The molecule has 1 aromatic carbocycles.